The monoisotopic (exact) mass is 514 g/mol. The van der Waals surface area contributed by atoms with Gasteiger partial charge in [0.15, 0.2) is 0 Å². The Hall–Kier alpha value is -3.98. The van der Waals surface area contributed by atoms with E-state index in [1.165, 1.54) is 17.4 Å². The van der Waals surface area contributed by atoms with E-state index < -0.39 is 0 Å². The molecule has 2 N–H and O–H groups in total. The summed E-state index contributed by atoms with van der Waals surface area (Å²) in [6.45, 7) is 4.27. The number of para-hydroxylation sites is 2. The van der Waals surface area contributed by atoms with Crippen LogP contribution in [-0.2, 0) is 4.79 Å². The number of hydrogen-bond acceptors (Lipinski definition) is 6. The van der Waals surface area contributed by atoms with Crippen molar-refractivity contribution in [2.75, 3.05) is 31.3 Å². The van der Waals surface area contributed by atoms with Gasteiger partial charge in [-0.25, -0.2) is 9.97 Å². The maximum Gasteiger partial charge on any atom is 0.268 e. The summed E-state index contributed by atoms with van der Waals surface area (Å²) in [5.41, 5.74) is 2.89. The molecule has 0 bridgehead atoms. The minimum atomic E-state index is -0.170. The van der Waals surface area contributed by atoms with Crippen molar-refractivity contribution >= 4 is 46.0 Å². The van der Waals surface area contributed by atoms with Gasteiger partial charge in [-0.15, -0.1) is 11.3 Å². The maximum absolute atomic E-state index is 13.2. The molecular weight excluding hydrogens is 484 g/mol. The number of carbonyl (C=O) groups is 2. The first-order valence-electron chi connectivity index (χ1n) is 12.4. The minimum absolute atomic E-state index is 0.0513. The number of rotatable bonds is 9. The number of amides is 2. The zero-order chi connectivity index (χ0) is 25.9. The zero-order valence-electron chi connectivity index (χ0n) is 21.0. The number of pyridine rings is 1. The SMILES string of the molecule is C=CC(=O)N(C)CCC1CC(n2c(NC(=O)c3ccc(-c4ccnc(NC)c4)s3)nc3ccccc32)C1. The van der Waals surface area contributed by atoms with E-state index in [-0.39, 0.29) is 17.9 Å². The molecule has 8 nitrogen and oxygen atoms in total. The van der Waals surface area contributed by atoms with E-state index in [9.17, 15) is 9.59 Å². The molecule has 37 heavy (non-hydrogen) atoms. The number of aromatic nitrogens is 3. The van der Waals surface area contributed by atoms with E-state index in [0.717, 1.165) is 46.6 Å². The Morgan fingerprint density at radius 3 is 2.81 bits per heavy atom. The Kier molecular flexibility index (Phi) is 7.05. The van der Waals surface area contributed by atoms with Gasteiger partial charge in [0.05, 0.1) is 15.9 Å². The molecule has 9 heteroatoms. The standard InChI is InChI=1S/C28H30N6O2S/c1-4-26(35)33(3)14-12-18-15-20(16-18)34-22-8-6-5-7-21(22)31-28(34)32-27(36)24-10-9-23(37-24)19-11-13-30-25(17-19)29-2/h4-11,13,17-18,20H,1,12,14-16H2,2-3H3,(H,29,30)(H,31,32,36). The molecule has 1 fully saturated rings. The maximum atomic E-state index is 13.2. The smallest absolute Gasteiger partial charge is 0.268 e. The van der Waals surface area contributed by atoms with Crippen LogP contribution in [0.25, 0.3) is 21.5 Å². The van der Waals surface area contributed by atoms with E-state index in [1.54, 1.807) is 18.1 Å². The molecule has 3 aromatic heterocycles. The number of hydrogen-bond donors (Lipinski definition) is 2. The summed E-state index contributed by atoms with van der Waals surface area (Å²) in [5.74, 6) is 1.66. The Balaban J connectivity index is 1.31. The average Bonchev–Trinajstić information content (AvgIpc) is 3.53. The molecule has 190 valence electrons. The van der Waals surface area contributed by atoms with Gasteiger partial charge in [-0.05, 0) is 73.2 Å². The first-order valence-corrected chi connectivity index (χ1v) is 13.2. The lowest BCUT2D eigenvalue weighted by atomic mass is 9.78. The molecule has 0 unspecified atom stereocenters. The van der Waals surface area contributed by atoms with Gasteiger partial charge in [-0.1, -0.05) is 18.7 Å². The van der Waals surface area contributed by atoms with Crippen LogP contribution in [0.1, 0.15) is 35.0 Å². The summed E-state index contributed by atoms with van der Waals surface area (Å²) >= 11 is 1.44. The van der Waals surface area contributed by atoms with E-state index in [0.29, 0.717) is 23.3 Å². The summed E-state index contributed by atoms with van der Waals surface area (Å²) in [4.78, 5) is 37.4. The molecule has 0 radical (unpaired) electrons. The highest BCUT2D eigenvalue weighted by Gasteiger charge is 2.33. The number of likely N-dealkylation sites (N-methyl/N-ethyl adjacent to an activating group) is 1. The minimum Gasteiger partial charge on any atom is -0.373 e. The van der Waals surface area contributed by atoms with Crippen LogP contribution in [-0.4, -0.2) is 51.9 Å². The van der Waals surface area contributed by atoms with Crippen LogP contribution >= 0.6 is 11.3 Å². The van der Waals surface area contributed by atoms with E-state index in [1.807, 2.05) is 55.6 Å². The number of fused-ring (bicyclic) bond motifs is 1. The number of imidazole rings is 1. The first-order chi connectivity index (χ1) is 18.0. The molecule has 2 amide bonds. The molecule has 0 atom stereocenters. The van der Waals surface area contributed by atoms with Crippen LogP contribution in [0.5, 0.6) is 0 Å². The van der Waals surface area contributed by atoms with Gasteiger partial charge in [0.2, 0.25) is 11.9 Å². The molecule has 0 spiro atoms. The third-order valence-electron chi connectivity index (χ3n) is 6.95. The normalized spacial score (nSPS) is 16.7. The number of thiophene rings is 1. The van der Waals surface area contributed by atoms with Gasteiger partial charge in [0.25, 0.3) is 5.91 Å². The highest BCUT2D eigenvalue weighted by atomic mass is 32.1. The van der Waals surface area contributed by atoms with Gasteiger partial charge in [-0.2, -0.15) is 0 Å². The largest absolute Gasteiger partial charge is 0.373 e. The molecular formula is C28H30N6O2S. The molecule has 1 aliphatic rings. The second kappa shape index (κ2) is 10.6. The van der Waals surface area contributed by atoms with Crippen LogP contribution in [0.15, 0.2) is 67.4 Å². The molecule has 1 aliphatic carbocycles. The van der Waals surface area contributed by atoms with Crippen LogP contribution in [0.2, 0.25) is 0 Å². The topological polar surface area (TPSA) is 92.2 Å². The Labute approximate surface area is 220 Å². The quantitative estimate of drug-likeness (QED) is 0.290. The second-order valence-corrected chi connectivity index (χ2v) is 10.4. The van der Waals surface area contributed by atoms with Crippen LogP contribution in [0.4, 0.5) is 11.8 Å². The van der Waals surface area contributed by atoms with Crippen molar-refractivity contribution < 1.29 is 9.59 Å². The van der Waals surface area contributed by atoms with E-state index in [2.05, 4.69) is 26.8 Å². The van der Waals surface area contributed by atoms with Crippen molar-refractivity contribution in [2.45, 2.75) is 25.3 Å². The molecule has 0 saturated heterocycles. The fraction of sp³-hybridized carbons (Fsp3) is 0.286. The Morgan fingerprint density at radius 2 is 2.03 bits per heavy atom. The number of carbonyl (C=O) groups excluding carboxylic acids is 2. The number of anilines is 2. The van der Waals surface area contributed by atoms with Crippen molar-refractivity contribution in [3.05, 3.63) is 72.3 Å². The number of nitrogens with zero attached hydrogens (tertiary/aromatic N) is 4. The Morgan fingerprint density at radius 1 is 1.22 bits per heavy atom. The Bertz CT molecular complexity index is 1450. The highest BCUT2D eigenvalue weighted by Crippen LogP contribution is 2.43. The molecule has 4 aromatic rings. The van der Waals surface area contributed by atoms with Crippen LogP contribution < -0.4 is 10.6 Å². The number of benzene rings is 1. The molecule has 3 heterocycles. The predicted molar refractivity (Wildman–Crippen MR) is 149 cm³/mol. The third-order valence-corrected chi connectivity index (χ3v) is 8.08. The highest BCUT2D eigenvalue weighted by molar-refractivity contribution is 7.17. The first kappa shape index (κ1) is 24.7. The van der Waals surface area contributed by atoms with Crippen molar-refractivity contribution in [1.82, 2.24) is 19.4 Å². The molecule has 5 rings (SSSR count). The lowest BCUT2D eigenvalue weighted by Crippen LogP contribution is -2.33. The predicted octanol–water partition coefficient (Wildman–Crippen LogP) is 5.44. The van der Waals surface area contributed by atoms with E-state index >= 15 is 0 Å². The average molecular weight is 515 g/mol. The fourth-order valence-corrected chi connectivity index (χ4v) is 5.69. The second-order valence-electron chi connectivity index (χ2n) is 9.34. The summed E-state index contributed by atoms with van der Waals surface area (Å²) in [7, 11) is 3.64. The fourth-order valence-electron chi connectivity index (χ4n) is 4.79. The molecule has 1 saturated carbocycles. The van der Waals surface area contributed by atoms with Crippen molar-refractivity contribution in [1.29, 1.82) is 0 Å². The van der Waals surface area contributed by atoms with Crippen molar-refractivity contribution in [2.24, 2.45) is 5.92 Å². The molecule has 1 aromatic carbocycles. The summed E-state index contributed by atoms with van der Waals surface area (Å²) < 4.78 is 2.17. The van der Waals surface area contributed by atoms with E-state index in [4.69, 9.17) is 4.98 Å². The van der Waals surface area contributed by atoms with Crippen LogP contribution in [0, 0.1) is 5.92 Å². The lowest BCUT2D eigenvalue weighted by Gasteiger charge is -2.38. The molecule has 0 aliphatic heterocycles. The van der Waals surface area contributed by atoms with Crippen LogP contribution in [0.3, 0.4) is 0 Å². The lowest BCUT2D eigenvalue weighted by molar-refractivity contribution is -0.125. The third kappa shape index (κ3) is 5.13. The van der Waals surface area contributed by atoms with Gasteiger partial charge < -0.3 is 14.8 Å². The zero-order valence-corrected chi connectivity index (χ0v) is 21.8. The summed E-state index contributed by atoms with van der Waals surface area (Å²) in [6.07, 6.45) is 6.02. The van der Waals surface area contributed by atoms with Gasteiger partial charge in [-0.3, -0.25) is 14.9 Å². The van der Waals surface area contributed by atoms with Gasteiger partial charge in [0.1, 0.15) is 5.82 Å². The summed E-state index contributed by atoms with van der Waals surface area (Å²) in [6, 6.07) is 15.9. The van der Waals surface area contributed by atoms with Crippen molar-refractivity contribution in [3.63, 3.8) is 0 Å². The van der Waals surface area contributed by atoms with Crippen molar-refractivity contribution in [3.8, 4) is 10.4 Å². The van der Waals surface area contributed by atoms with Gasteiger partial charge in [0, 0.05) is 37.8 Å². The van der Waals surface area contributed by atoms with Gasteiger partial charge >= 0.3 is 0 Å². The number of nitrogens with one attached hydrogen (secondary N) is 2. The summed E-state index contributed by atoms with van der Waals surface area (Å²) in [5, 5.41) is 6.12.